The van der Waals surface area contributed by atoms with Gasteiger partial charge in [0.2, 0.25) is 6.54 Å². The number of halogens is 1. The molecule has 0 aliphatic rings. The molecule has 0 spiro atoms. The van der Waals surface area contributed by atoms with E-state index in [1.807, 2.05) is 25.1 Å². The van der Waals surface area contributed by atoms with Crippen molar-refractivity contribution in [3.05, 3.63) is 45.2 Å². The van der Waals surface area contributed by atoms with E-state index in [9.17, 15) is 0 Å². The maximum atomic E-state index is 6.68. The first-order valence-electron chi connectivity index (χ1n) is 3.32. The van der Waals surface area contributed by atoms with Gasteiger partial charge < -0.3 is 4.85 Å². The third-order valence-corrected chi connectivity index (χ3v) is 2.37. The summed E-state index contributed by atoms with van der Waals surface area (Å²) in [6, 6.07) is 5.98. The number of aryl methyl sites for hydroxylation is 1. The second-order valence-electron chi connectivity index (χ2n) is 2.40. The van der Waals surface area contributed by atoms with Gasteiger partial charge in [0, 0.05) is 10.0 Å². The molecule has 1 rings (SSSR count). The second-order valence-corrected chi connectivity index (χ2v) is 3.25. The molecule has 2 heteroatoms. The Kier molecular flexibility index (Phi) is 2.67. The molecule has 0 aliphatic carbocycles. The Morgan fingerprint density at radius 3 is 2.82 bits per heavy atom. The van der Waals surface area contributed by atoms with Crippen molar-refractivity contribution >= 4 is 15.9 Å². The predicted octanol–water partition coefficient (Wildman–Crippen LogP) is 3.18. The lowest BCUT2D eigenvalue weighted by Crippen LogP contribution is -1.81. The topological polar surface area (TPSA) is 4.36 Å². The van der Waals surface area contributed by atoms with E-state index in [0.717, 1.165) is 10.0 Å². The fourth-order valence-electron chi connectivity index (χ4n) is 0.896. The van der Waals surface area contributed by atoms with Crippen LogP contribution in [0, 0.1) is 13.5 Å². The molecule has 1 aromatic rings. The fraction of sp³-hybridized carbons (Fsp3) is 0.222. The average molecular weight is 210 g/mol. The van der Waals surface area contributed by atoms with Crippen molar-refractivity contribution < 1.29 is 0 Å². The summed E-state index contributed by atoms with van der Waals surface area (Å²) < 4.78 is 1.10. The highest BCUT2D eigenvalue weighted by molar-refractivity contribution is 9.10. The Balaban J connectivity index is 2.98. The first-order chi connectivity index (χ1) is 5.24. The zero-order chi connectivity index (χ0) is 8.27. The average Bonchev–Trinajstić information content (AvgIpc) is 1.98. The number of nitrogens with zero attached hydrogens (tertiary/aromatic N) is 1. The Bertz CT molecular complexity index is 299. The van der Waals surface area contributed by atoms with E-state index in [2.05, 4.69) is 20.8 Å². The molecule has 1 aromatic carbocycles. The molecule has 0 N–H and O–H groups in total. The van der Waals surface area contributed by atoms with Gasteiger partial charge in [-0.3, -0.25) is 0 Å². The molecule has 0 fully saturated rings. The first kappa shape index (κ1) is 8.29. The minimum absolute atomic E-state index is 0.480. The standard InChI is InChI=1S/C9H8BrN/c1-7-5-8(6-11-2)3-4-9(7)10/h3-5H,6H2,1H3. The molecule has 0 unspecified atom stereocenters. The molecule has 0 amide bonds. The molecule has 56 valence electrons. The van der Waals surface area contributed by atoms with Crippen LogP contribution in [0.1, 0.15) is 11.1 Å². The Morgan fingerprint density at radius 2 is 2.27 bits per heavy atom. The molecule has 0 radical (unpaired) electrons. The van der Waals surface area contributed by atoms with E-state index < -0.39 is 0 Å². The van der Waals surface area contributed by atoms with E-state index in [0.29, 0.717) is 6.54 Å². The Hall–Kier alpha value is -0.810. The van der Waals surface area contributed by atoms with Crippen LogP contribution in [-0.2, 0) is 6.54 Å². The zero-order valence-corrected chi connectivity index (χ0v) is 7.85. The molecule has 0 saturated heterocycles. The van der Waals surface area contributed by atoms with Crippen LogP contribution >= 0.6 is 15.9 Å². The van der Waals surface area contributed by atoms with Crippen molar-refractivity contribution in [2.24, 2.45) is 0 Å². The second kappa shape index (κ2) is 3.54. The molecular formula is C9H8BrN. The number of benzene rings is 1. The van der Waals surface area contributed by atoms with Gasteiger partial charge in [-0.15, -0.1) is 0 Å². The van der Waals surface area contributed by atoms with E-state index in [4.69, 9.17) is 6.57 Å². The number of hydrogen-bond donors (Lipinski definition) is 0. The van der Waals surface area contributed by atoms with Crippen LogP contribution in [0.15, 0.2) is 22.7 Å². The van der Waals surface area contributed by atoms with Gasteiger partial charge in [-0.2, -0.15) is 0 Å². The number of rotatable bonds is 1. The van der Waals surface area contributed by atoms with Crippen LogP contribution < -0.4 is 0 Å². The maximum absolute atomic E-state index is 6.68. The normalized spacial score (nSPS) is 9.18. The van der Waals surface area contributed by atoms with E-state index >= 15 is 0 Å². The third-order valence-electron chi connectivity index (χ3n) is 1.48. The molecule has 0 aromatic heterocycles. The van der Waals surface area contributed by atoms with Gasteiger partial charge in [-0.1, -0.05) is 22.0 Å². The van der Waals surface area contributed by atoms with Crippen molar-refractivity contribution in [1.29, 1.82) is 0 Å². The third kappa shape index (κ3) is 2.06. The fourth-order valence-corrected chi connectivity index (χ4v) is 1.14. The van der Waals surface area contributed by atoms with Gasteiger partial charge in [0.15, 0.2) is 0 Å². The van der Waals surface area contributed by atoms with Gasteiger partial charge in [0.1, 0.15) is 0 Å². The SMILES string of the molecule is [C-]#[N+]Cc1ccc(Br)c(C)c1. The van der Waals surface area contributed by atoms with Crippen molar-refractivity contribution in [3.8, 4) is 0 Å². The van der Waals surface area contributed by atoms with Crippen LogP contribution in [0.3, 0.4) is 0 Å². The minimum atomic E-state index is 0.480. The summed E-state index contributed by atoms with van der Waals surface area (Å²) in [6.45, 7) is 9.18. The lowest BCUT2D eigenvalue weighted by Gasteiger charge is -1.97. The molecule has 0 saturated carbocycles. The highest BCUT2D eigenvalue weighted by atomic mass is 79.9. The van der Waals surface area contributed by atoms with Gasteiger partial charge >= 0.3 is 0 Å². The van der Waals surface area contributed by atoms with E-state index in [1.54, 1.807) is 0 Å². The summed E-state index contributed by atoms with van der Waals surface area (Å²) >= 11 is 3.40. The lowest BCUT2D eigenvalue weighted by molar-refractivity contribution is 1.24. The minimum Gasteiger partial charge on any atom is -0.312 e. The first-order valence-corrected chi connectivity index (χ1v) is 4.11. The molecule has 0 aliphatic heterocycles. The summed E-state index contributed by atoms with van der Waals surface area (Å²) in [5, 5.41) is 0. The van der Waals surface area contributed by atoms with Crippen LogP contribution in [0.25, 0.3) is 4.85 Å². The van der Waals surface area contributed by atoms with Crippen molar-refractivity contribution in [3.63, 3.8) is 0 Å². The predicted molar refractivity (Wildman–Crippen MR) is 49.2 cm³/mol. The molecule has 1 nitrogen and oxygen atoms in total. The quantitative estimate of drug-likeness (QED) is 0.627. The number of hydrogen-bond acceptors (Lipinski definition) is 0. The molecule has 0 heterocycles. The van der Waals surface area contributed by atoms with Crippen molar-refractivity contribution in [2.45, 2.75) is 13.5 Å². The summed E-state index contributed by atoms with van der Waals surface area (Å²) in [7, 11) is 0. The van der Waals surface area contributed by atoms with Gasteiger partial charge in [0.25, 0.3) is 0 Å². The van der Waals surface area contributed by atoms with Gasteiger partial charge in [0.05, 0.1) is 0 Å². The smallest absolute Gasteiger partial charge is 0.239 e. The molecular weight excluding hydrogens is 202 g/mol. The highest BCUT2D eigenvalue weighted by Crippen LogP contribution is 2.17. The lowest BCUT2D eigenvalue weighted by atomic mass is 10.1. The van der Waals surface area contributed by atoms with Gasteiger partial charge in [-0.25, -0.2) is 6.57 Å². The summed E-state index contributed by atoms with van der Waals surface area (Å²) in [5.41, 5.74) is 2.27. The monoisotopic (exact) mass is 209 g/mol. The Morgan fingerprint density at radius 1 is 1.55 bits per heavy atom. The Labute approximate surface area is 75.0 Å². The van der Waals surface area contributed by atoms with Gasteiger partial charge in [-0.05, 0) is 24.6 Å². The van der Waals surface area contributed by atoms with E-state index in [-0.39, 0.29) is 0 Å². The van der Waals surface area contributed by atoms with Crippen molar-refractivity contribution in [2.75, 3.05) is 0 Å². The molecule has 0 bridgehead atoms. The summed E-state index contributed by atoms with van der Waals surface area (Å²) in [5.74, 6) is 0. The van der Waals surface area contributed by atoms with Crippen LogP contribution in [0.2, 0.25) is 0 Å². The largest absolute Gasteiger partial charge is 0.312 e. The van der Waals surface area contributed by atoms with Crippen LogP contribution in [0.4, 0.5) is 0 Å². The van der Waals surface area contributed by atoms with Crippen LogP contribution in [-0.4, -0.2) is 0 Å². The highest BCUT2D eigenvalue weighted by Gasteiger charge is 1.97. The molecule has 0 atom stereocenters. The summed E-state index contributed by atoms with van der Waals surface area (Å²) in [6.07, 6.45) is 0. The molecule has 11 heavy (non-hydrogen) atoms. The van der Waals surface area contributed by atoms with Crippen LogP contribution in [0.5, 0.6) is 0 Å². The maximum Gasteiger partial charge on any atom is 0.239 e. The van der Waals surface area contributed by atoms with Crippen molar-refractivity contribution in [1.82, 2.24) is 0 Å². The van der Waals surface area contributed by atoms with E-state index in [1.165, 1.54) is 5.56 Å². The summed E-state index contributed by atoms with van der Waals surface area (Å²) in [4.78, 5) is 3.31. The zero-order valence-electron chi connectivity index (χ0n) is 6.26.